The van der Waals surface area contributed by atoms with E-state index >= 15 is 4.39 Å². The zero-order valence-electron chi connectivity index (χ0n) is 25.2. The molecule has 0 N–H and O–H groups in total. The average molecular weight is 632 g/mol. The molecule has 234 valence electrons. The number of thiophene rings is 1. The third-order valence-electron chi connectivity index (χ3n) is 7.23. The number of hydrogen-bond acceptors (Lipinski definition) is 6. The Morgan fingerprint density at radius 1 is 1.27 bits per heavy atom. The SMILES string of the molecule is CCn1cc(-c2c(F)cccc2[C@@H]2CN(C(=O)/C=C/[C@H](C)N(C)C(=O)OC(C)(C)C)Cc3sc(C#N)cc32)c(C(F)(F)F)n1. The van der Waals surface area contributed by atoms with Crippen molar-refractivity contribution in [2.24, 2.45) is 0 Å². The van der Waals surface area contributed by atoms with Crippen LogP contribution in [0.1, 0.15) is 67.1 Å². The van der Waals surface area contributed by atoms with Crippen molar-refractivity contribution in [2.45, 2.75) is 71.4 Å². The van der Waals surface area contributed by atoms with E-state index in [0.717, 1.165) is 10.7 Å². The van der Waals surface area contributed by atoms with E-state index in [4.69, 9.17) is 4.74 Å². The number of nitrogens with zero attached hydrogens (tertiary/aromatic N) is 5. The van der Waals surface area contributed by atoms with Gasteiger partial charge in [0, 0.05) is 54.3 Å². The highest BCUT2D eigenvalue weighted by atomic mass is 32.1. The molecule has 0 fully saturated rings. The smallest absolute Gasteiger partial charge is 0.435 e. The van der Waals surface area contributed by atoms with E-state index in [1.807, 2.05) is 0 Å². The Kier molecular flexibility index (Phi) is 9.25. The fraction of sp³-hybridized carbons (Fsp3) is 0.419. The fourth-order valence-corrected chi connectivity index (χ4v) is 5.99. The number of likely N-dealkylation sites (N-methyl/N-ethyl adjacent to an activating group) is 1. The molecule has 2 amide bonds. The second-order valence-electron chi connectivity index (χ2n) is 11.5. The number of carbonyl (C=O) groups is 2. The lowest BCUT2D eigenvalue weighted by molar-refractivity contribution is -0.141. The predicted octanol–water partition coefficient (Wildman–Crippen LogP) is 6.95. The van der Waals surface area contributed by atoms with Gasteiger partial charge < -0.3 is 14.5 Å². The number of fused-ring (bicyclic) bond motifs is 1. The normalized spacial score (nSPS) is 16.0. The first-order valence-corrected chi connectivity index (χ1v) is 14.7. The van der Waals surface area contributed by atoms with Gasteiger partial charge in [-0.15, -0.1) is 11.3 Å². The van der Waals surface area contributed by atoms with E-state index in [1.165, 1.54) is 39.5 Å². The number of hydrogen-bond donors (Lipinski definition) is 0. The lowest BCUT2D eigenvalue weighted by Crippen LogP contribution is -2.39. The van der Waals surface area contributed by atoms with Gasteiger partial charge in [-0.05, 0) is 57.9 Å². The maximum Gasteiger partial charge on any atom is 0.435 e. The highest BCUT2D eigenvalue weighted by molar-refractivity contribution is 7.12. The second-order valence-corrected chi connectivity index (χ2v) is 12.6. The standard InChI is InChI=1S/C31H33F4N5O3S/c1-7-40-16-23(28(37-40)31(33,34)35)27-20(9-8-10-24(27)32)22-15-39(17-25-21(22)13-19(14-36)44-25)26(41)12-11-18(2)38(6)29(42)43-30(3,4)5/h8-13,16,18,22H,7,15,17H2,1-6H3/b12-11+/t18-,22-/m0/s1. The molecule has 0 bridgehead atoms. The maximum atomic E-state index is 15.5. The zero-order valence-corrected chi connectivity index (χ0v) is 26.0. The molecular formula is C31H33F4N5O3S. The fourth-order valence-electron chi connectivity index (χ4n) is 4.95. The summed E-state index contributed by atoms with van der Waals surface area (Å²) in [5, 5.41) is 13.3. The van der Waals surface area contributed by atoms with Crippen LogP contribution in [0.4, 0.5) is 22.4 Å². The van der Waals surface area contributed by atoms with E-state index in [1.54, 1.807) is 59.9 Å². The summed E-state index contributed by atoms with van der Waals surface area (Å²) in [5.41, 5.74) is -1.65. The third kappa shape index (κ3) is 6.96. The van der Waals surface area contributed by atoms with Crippen LogP contribution in [0.3, 0.4) is 0 Å². The van der Waals surface area contributed by atoms with Crippen LogP contribution in [0.25, 0.3) is 11.1 Å². The maximum absolute atomic E-state index is 15.5. The summed E-state index contributed by atoms with van der Waals surface area (Å²) in [6, 6.07) is 7.29. The monoisotopic (exact) mass is 631 g/mol. The van der Waals surface area contributed by atoms with Gasteiger partial charge >= 0.3 is 12.3 Å². The van der Waals surface area contributed by atoms with Gasteiger partial charge in [0.1, 0.15) is 22.4 Å². The summed E-state index contributed by atoms with van der Waals surface area (Å²) in [4.78, 5) is 29.8. The number of amides is 2. The minimum atomic E-state index is -4.83. The van der Waals surface area contributed by atoms with E-state index in [-0.39, 0.29) is 30.8 Å². The van der Waals surface area contributed by atoms with E-state index in [9.17, 15) is 28.0 Å². The number of carbonyl (C=O) groups excluding carboxylic acids is 2. The van der Waals surface area contributed by atoms with E-state index in [2.05, 4.69) is 11.2 Å². The number of aromatic nitrogens is 2. The summed E-state index contributed by atoms with van der Waals surface area (Å²) in [6.45, 7) is 8.91. The Morgan fingerprint density at radius 2 is 1.98 bits per heavy atom. The second kappa shape index (κ2) is 12.4. The summed E-state index contributed by atoms with van der Waals surface area (Å²) in [7, 11) is 1.55. The predicted molar refractivity (Wildman–Crippen MR) is 157 cm³/mol. The molecule has 2 aromatic heterocycles. The van der Waals surface area contributed by atoms with Gasteiger partial charge in [0.25, 0.3) is 0 Å². The van der Waals surface area contributed by atoms with Crippen molar-refractivity contribution in [3.05, 3.63) is 75.0 Å². The van der Waals surface area contributed by atoms with Crippen LogP contribution < -0.4 is 0 Å². The highest BCUT2D eigenvalue weighted by Gasteiger charge is 2.40. The molecular weight excluding hydrogens is 598 g/mol. The number of nitriles is 1. The van der Waals surface area contributed by atoms with Crippen molar-refractivity contribution in [3.8, 4) is 17.2 Å². The molecule has 3 aromatic rings. The number of halogens is 4. The van der Waals surface area contributed by atoms with E-state index < -0.39 is 52.8 Å². The molecule has 1 aromatic carbocycles. The van der Waals surface area contributed by atoms with Crippen LogP contribution >= 0.6 is 11.3 Å². The Balaban J connectivity index is 1.72. The summed E-state index contributed by atoms with van der Waals surface area (Å²) >= 11 is 1.18. The number of ether oxygens (including phenoxy) is 1. The van der Waals surface area contributed by atoms with Crippen molar-refractivity contribution in [1.29, 1.82) is 5.26 Å². The van der Waals surface area contributed by atoms with Gasteiger partial charge in [-0.2, -0.15) is 23.5 Å². The molecule has 0 saturated carbocycles. The van der Waals surface area contributed by atoms with Gasteiger partial charge in [0.2, 0.25) is 5.91 Å². The Hall–Kier alpha value is -4.18. The molecule has 0 saturated heterocycles. The number of rotatable bonds is 6. The van der Waals surface area contributed by atoms with E-state index in [0.29, 0.717) is 15.3 Å². The van der Waals surface area contributed by atoms with Gasteiger partial charge in [0.05, 0.1) is 12.6 Å². The molecule has 13 heteroatoms. The number of aryl methyl sites for hydroxylation is 1. The Morgan fingerprint density at radius 3 is 2.59 bits per heavy atom. The zero-order chi connectivity index (χ0) is 32.6. The molecule has 44 heavy (non-hydrogen) atoms. The molecule has 0 aliphatic carbocycles. The largest absolute Gasteiger partial charge is 0.444 e. The summed E-state index contributed by atoms with van der Waals surface area (Å²) in [5.74, 6) is -2.00. The molecule has 1 aliphatic heterocycles. The average Bonchev–Trinajstić information content (AvgIpc) is 3.58. The topological polar surface area (TPSA) is 91.5 Å². The Bertz CT molecular complexity index is 1630. The van der Waals surface area contributed by atoms with Crippen LogP contribution in [0.15, 0.2) is 42.6 Å². The van der Waals surface area contributed by atoms with Crippen molar-refractivity contribution in [2.75, 3.05) is 13.6 Å². The molecule has 4 rings (SSSR count). The minimum Gasteiger partial charge on any atom is -0.444 e. The van der Waals surface area contributed by atoms with Gasteiger partial charge in [-0.25, -0.2) is 9.18 Å². The molecule has 3 heterocycles. The molecule has 0 radical (unpaired) electrons. The van der Waals surface area contributed by atoms with Crippen LogP contribution in [-0.4, -0.2) is 56.8 Å². The molecule has 2 atom stereocenters. The van der Waals surface area contributed by atoms with Crippen molar-refractivity contribution < 1.29 is 31.9 Å². The first-order valence-electron chi connectivity index (χ1n) is 13.9. The van der Waals surface area contributed by atoms with Crippen LogP contribution in [0.2, 0.25) is 0 Å². The molecule has 0 spiro atoms. The molecule has 1 aliphatic rings. The lowest BCUT2D eigenvalue weighted by atomic mass is 9.83. The quantitative estimate of drug-likeness (QED) is 0.217. The Labute approximate surface area is 257 Å². The highest BCUT2D eigenvalue weighted by Crippen LogP contribution is 2.45. The number of benzene rings is 1. The van der Waals surface area contributed by atoms with Crippen LogP contribution in [-0.2, 0) is 28.8 Å². The van der Waals surface area contributed by atoms with Crippen LogP contribution in [0.5, 0.6) is 0 Å². The molecule has 8 nitrogen and oxygen atoms in total. The first-order chi connectivity index (χ1) is 20.5. The third-order valence-corrected chi connectivity index (χ3v) is 8.27. The van der Waals surface area contributed by atoms with Crippen LogP contribution in [0, 0.1) is 17.1 Å². The first kappa shape index (κ1) is 32.7. The van der Waals surface area contributed by atoms with Gasteiger partial charge in [0.15, 0.2) is 5.69 Å². The van der Waals surface area contributed by atoms with Gasteiger partial charge in [-0.3, -0.25) is 9.48 Å². The van der Waals surface area contributed by atoms with Gasteiger partial charge in [-0.1, -0.05) is 18.2 Å². The molecule has 0 unspecified atom stereocenters. The van der Waals surface area contributed by atoms with Crippen molar-refractivity contribution >= 4 is 23.3 Å². The lowest BCUT2D eigenvalue weighted by Gasteiger charge is -2.34. The van der Waals surface area contributed by atoms with Crippen molar-refractivity contribution in [1.82, 2.24) is 19.6 Å². The summed E-state index contributed by atoms with van der Waals surface area (Å²) in [6.07, 6.45) is -1.34. The summed E-state index contributed by atoms with van der Waals surface area (Å²) < 4.78 is 64.2. The number of alkyl halides is 3. The van der Waals surface area contributed by atoms with Crippen molar-refractivity contribution in [3.63, 3.8) is 0 Å². The minimum absolute atomic E-state index is 0.0216.